The van der Waals surface area contributed by atoms with Gasteiger partial charge < -0.3 is 25.6 Å². The quantitative estimate of drug-likeness (QED) is 0.237. The molecule has 2 aromatic carbocycles. The number of carbonyl (C=O) groups is 2. The molecule has 1 unspecified atom stereocenters. The fourth-order valence-electron chi connectivity index (χ4n) is 3.25. The summed E-state index contributed by atoms with van der Waals surface area (Å²) in [4.78, 5) is 24.7. The summed E-state index contributed by atoms with van der Waals surface area (Å²) >= 11 is 0. The highest BCUT2D eigenvalue weighted by atomic mass is 16.6. The van der Waals surface area contributed by atoms with E-state index in [0.29, 0.717) is 29.4 Å². The van der Waals surface area contributed by atoms with Crippen LogP contribution in [0.5, 0.6) is 11.5 Å². The number of anilines is 3. The van der Waals surface area contributed by atoms with Gasteiger partial charge in [0.15, 0.2) is 5.75 Å². The first-order chi connectivity index (χ1) is 15.5. The van der Waals surface area contributed by atoms with Crippen molar-refractivity contribution in [3.63, 3.8) is 0 Å². The first-order valence-electron chi connectivity index (χ1n) is 11.1. The number of hydrogen-bond acceptors (Lipinski definition) is 6. The Morgan fingerprint density at radius 3 is 2.52 bits per heavy atom. The maximum atomic E-state index is 12.3. The Labute approximate surface area is 195 Å². The second kappa shape index (κ2) is 11.4. The van der Waals surface area contributed by atoms with Gasteiger partial charge >= 0.3 is 12.1 Å². The van der Waals surface area contributed by atoms with Crippen LogP contribution in [0.15, 0.2) is 42.5 Å². The molecule has 0 bridgehead atoms. The average molecular weight is 458 g/mol. The van der Waals surface area contributed by atoms with Crippen LogP contribution in [-0.2, 0) is 9.53 Å². The third-order valence-corrected chi connectivity index (χ3v) is 5.04. The summed E-state index contributed by atoms with van der Waals surface area (Å²) in [7, 11) is 1.42. The number of benzene rings is 2. The molecule has 33 heavy (non-hydrogen) atoms. The van der Waals surface area contributed by atoms with Crippen molar-refractivity contribution in [3.05, 3.63) is 42.5 Å². The Bertz CT molecular complexity index is 955. The highest BCUT2D eigenvalue weighted by Gasteiger charge is 2.23. The number of nitrogens with two attached hydrogens (primary N) is 1. The Hall–Kier alpha value is -3.42. The van der Waals surface area contributed by atoms with Crippen LogP contribution < -0.4 is 20.7 Å². The van der Waals surface area contributed by atoms with Gasteiger partial charge in [-0.15, -0.1) is 0 Å². The van der Waals surface area contributed by atoms with Gasteiger partial charge in [0.2, 0.25) is 0 Å². The monoisotopic (exact) mass is 457 g/mol. The predicted molar refractivity (Wildman–Crippen MR) is 131 cm³/mol. The van der Waals surface area contributed by atoms with Gasteiger partial charge in [-0.2, -0.15) is 0 Å². The van der Waals surface area contributed by atoms with Gasteiger partial charge in [-0.3, -0.25) is 9.69 Å². The van der Waals surface area contributed by atoms with Crippen LogP contribution in [0.4, 0.5) is 21.9 Å². The number of esters is 1. The number of nitrogens with one attached hydrogen (secondary N) is 1. The van der Waals surface area contributed by atoms with E-state index < -0.39 is 11.7 Å². The molecule has 1 atom stereocenters. The maximum absolute atomic E-state index is 12.3. The third-order valence-electron chi connectivity index (χ3n) is 5.04. The molecule has 2 aromatic rings. The molecule has 0 radical (unpaired) electrons. The van der Waals surface area contributed by atoms with Crippen LogP contribution in [0.3, 0.4) is 0 Å². The van der Waals surface area contributed by atoms with Crippen LogP contribution in [0.2, 0.25) is 0 Å². The second-order valence-electron chi connectivity index (χ2n) is 8.87. The fraction of sp³-hybridized carbons (Fsp3) is 0.440. The number of para-hydroxylation sites is 2. The van der Waals surface area contributed by atoms with Gasteiger partial charge in [0, 0.05) is 19.7 Å². The van der Waals surface area contributed by atoms with E-state index in [1.54, 1.807) is 18.2 Å². The minimum atomic E-state index is -1.11. The molecule has 2 rings (SSSR count). The van der Waals surface area contributed by atoms with E-state index in [1.807, 2.05) is 52.0 Å². The fourth-order valence-corrected chi connectivity index (χ4v) is 3.25. The minimum absolute atomic E-state index is 0.128. The van der Waals surface area contributed by atoms with E-state index in [4.69, 9.17) is 15.2 Å². The topological polar surface area (TPSA) is 114 Å². The van der Waals surface area contributed by atoms with E-state index in [9.17, 15) is 14.7 Å². The van der Waals surface area contributed by atoms with Crippen LogP contribution in [0, 0.1) is 5.92 Å². The molecule has 0 spiro atoms. The molecule has 0 aromatic heterocycles. The van der Waals surface area contributed by atoms with Crippen molar-refractivity contribution < 1.29 is 24.2 Å². The molecule has 8 heteroatoms. The van der Waals surface area contributed by atoms with Crippen molar-refractivity contribution in [1.82, 2.24) is 0 Å². The summed E-state index contributed by atoms with van der Waals surface area (Å²) in [6, 6.07) is 12.4. The smallest absolute Gasteiger partial charge is 0.411 e. The summed E-state index contributed by atoms with van der Waals surface area (Å²) < 4.78 is 11.5. The summed E-state index contributed by atoms with van der Waals surface area (Å²) in [6.07, 6.45) is 1.14. The Kier molecular flexibility index (Phi) is 8.96. The number of ether oxygens (including phenoxy) is 2. The van der Waals surface area contributed by atoms with Gasteiger partial charge in [0.1, 0.15) is 11.4 Å². The molecule has 0 aliphatic heterocycles. The number of rotatable bonds is 10. The third kappa shape index (κ3) is 7.89. The van der Waals surface area contributed by atoms with E-state index in [-0.39, 0.29) is 11.9 Å². The lowest BCUT2D eigenvalue weighted by molar-refractivity contribution is -0.160. The van der Waals surface area contributed by atoms with Crippen molar-refractivity contribution in [1.29, 1.82) is 0 Å². The summed E-state index contributed by atoms with van der Waals surface area (Å²) in [6.45, 7) is 8.28. The number of carbonyl (C=O) groups excluding carboxylic acids is 1. The number of nitrogens with zero attached hydrogens (tertiary/aromatic N) is 1. The molecule has 0 heterocycles. The molecular weight excluding hydrogens is 422 g/mol. The van der Waals surface area contributed by atoms with Gasteiger partial charge in [-0.05, 0) is 64.3 Å². The van der Waals surface area contributed by atoms with E-state index >= 15 is 0 Å². The number of carboxylic acid groups (broad SMARTS) is 1. The molecule has 0 saturated carbocycles. The molecule has 4 N–H and O–H groups in total. The van der Waals surface area contributed by atoms with Crippen LogP contribution in [0.25, 0.3) is 0 Å². The van der Waals surface area contributed by atoms with Gasteiger partial charge in [0.05, 0.1) is 23.0 Å². The highest BCUT2D eigenvalue weighted by Crippen LogP contribution is 2.33. The second-order valence-corrected chi connectivity index (χ2v) is 8.87. The first-order valence-corrected chi connectivity index (χ1v) is 11.1. The van der Waals surface area contributed by atoms with Gasteiger partial charge in [-0.25, -0.2) is 4.79 Å². The zero-order valence-corrected chi connectivity index (χ0v) is 20.1. The van der Waals surface area contributed by atoms with Crippen molar-refractivity contribution in [2.24, 2.45) is 5.92 Å². The average Bonchev–Trinajstić information content (AvgIpc) is 2.74. The SMILES string of the molecule is CCC(CCCNc1ccccc1Oc1ccc(N)c(N(C)C(=O)O)c1)C(=O)OC(C)(C)C. The minimum Gasteiger partial charge on any atom is -0.465 e. The maximum Gasteiger partial charge on any atom is 0.411 e. The zero-order valence-electron chi connectivity index (χ0n) is 20.1. The molecular formula is C25H35N3O5. The van der Waals surface area contributed by atoms with Crippen molar-refractivity contribution in [2.75, 3.05) is 29.5 Å². The lowest BCUT2D eigenvalue weighted by atomic mass is 10.00. The largest absolute Gasteiger partial charge is 0.465 e. The van der Waals surface area contributed by atoms with Crippen LogP contribution in [-0.4, -0.2) is 36.4 Å². The predicted octanol–water partition coefficient (Wildman–Crippen LogP) is 5.74. The highest BCUT2D eigenvalue weighted by molar-refractivity contribution is 5.90. The standard InChI is InChI=1S/C25H35N3O5/c1-6-17(23(29)33-25(2,3)4)10-9-15-27-20-11-7-8-12-22(20)32-18-13-14-19(26)21(16-18)28(5)24(30)31/h7-8,11-14,16-17,27H,6,9-10,15,26H2,1-5H3,(H,30,31). The van der Waals surface area contributed by atoms with E-state index in [1.165, 1.54) is 7.05 Å². The van der Waals surface area contributed by atoms with E-state index in [2.05, 4.69) is 5.32 Å². The number of hydrogen-bond donors (Lipinski definition) is 3. The van der Waals surface area contributed by atoms with Gasteiger partial charge in [0.25, 0.3) is 0 Å². The lowest BCUT2D eigenvalue weighted by Crippen LogP contribution is -2.28. The summed E-state index contributed by atoms with van der Waals surface area (Å²) in [5.74, 6) is 0.791. The lowest BCUT2D eigenvalue weighted by Gasteiger charge is -2.23. The van der Waals surface area contributed by atoms with Gasteiger partial charge in [-0.1, -0.05) is 19.1 Å². The summed E-state index contributed by atoms with van der Waals surface area (Å²) in [5.41, 5.74) is 6.92. The van der Waals surface area contributed by atoms with Crippen molar-refractivity contribution in [3.8, 4) is 11.5 Å². The number of amides is 1. The van der Waals surface area contributed by atoms with E-state index in [0.717, 1.165) is 29.8 Å². The molecule has 8 nitrogen and oxygen atoms in total. The Morgan fingerprint density at radius 1 is 1.18 bits per heavy atom. The number of nitrogen functional groups attached to an aromatic ring is 1. The first kappa shape index (κ1) is 25.8. The Balaban J connectivity index is 2.00. The normalized spacial score (nSPS) is 12.0. The molecule has 0 fully saturated rings. The summed E-state index contributed by atoms with van der Waals surface area (Å²) in [5, 5.41) is 12.6. The molecule has 180 valence electrons. The zero-order chi connectivity index (χ0) is 24.6. The van der Waals surface area contributed by atoms with Crippen LogP contribution >= 0.6 is 0 Å². The van der Waals surface area contributed by atoms with Crippen LogP contribution in [0.1, 0.15) is 47.0 Å². The Morgan fingerprint density at radius 2 is 1.88 bits per heavy atom. The molecule has 1 amide bonds. The van der Waals surface area contributed by atoms with Crippen molar-refractivity contribution >= 4 is 29.1 Å². The molecule has 0 aliphatic carbocycles. The molecule has 0 saturated heterocycles. The molecule has 0 aliphatic rings. The van der Waals surface area contributed by atoms with Crippen molar-refractivity contribution in [2.45, 2.75) is 52.6 Å².